The molecule has 0 aliphatic rings. The van der Waals surface area contributed by atoms with Crippen molar-refractivity contribution < 1.29 is 80.2 Å². The number of esters is 4. The molecule has 19 heteroatoms. The molecule has 0 aliphatic heterocycles. The maximum atomic E-state index is 13.0. The lowest BCUT2D eigenvalue weighted by Crippen LogP contribution is -2.30. The molecule has 5 atom stereocenters. The van der Waals surface area contributed by atoms with Gasteiger partial charge in [-0.1, -0.05) is 293 Å². The number of phosphoric acid groups is 2. The highest BCUT2D eigenvalue weighted by Crippen LogP contribution is 2.45. The number of aliphatic hydroxyl groups is 1. The van der Waals surface area contributed by atoms with Gasteiger partial charge in [0.2, 0.25) is 0 Å². The fourth-order valence-corrected chi connectivity index (χ4v) is 12.1. The molecule has 0 heterocycles. The quantitative estimate of drug-likeness (QED) is 0.0222. The van der Waals surface area contributed by atoms with Crippen LogP contribution in [0.25, 0.3) is 0 Å². The monoisotopic (exact) mass is 1310 g/mol. The van der Waals surface area contributed by atoms with Crippen molar-refractivity contribution in [1.82, 2.24) is 0 Å². The lowest BCUT2D eigenvalue weighted by molar-refractivity contribution is -0.161. The van der Waals surface area contributed by atoms with Crippen LogP contribution >= 0.6 is 15.6 Å². The third-order valence-corrected chi connectivity index (χ3v) is 18.0. The van der Waals surface area contributed by atoms with Crippen LogP contribution in [0, 0.1) is 23.7 Å². The lowest BCUT2D eigenvalue weighted by Gasteiger charge is -2.21. The van der Waals surface area contributed by atoms with E-state index >= 15 is 0 Å². The normalized spacial score (nSPS) is 14.3. The minimum absolute atomic E-state index is 0.102. The van der Waals surface area contributed by atoms with E-state index in [4.69, 9.17) is 37.0 Å². The molecular weight excluding hydrogens is 1170 g/mol. The van der Waals surface area contributed by atoms with Gasteiger partial charge in [-0.3, -0.25) is 37.3 Å². The number of aliphatic hydroxyl groups excluding tert-OH is 1. The first-order chi connectivity index (χ1) is 42.6. The Kier molecular flexibility index (Phi) is 58.5. The SMILES string of the molecule is CC(C)CCCCCCCCCCCCCCCCCCC(=O)OC[C@H](COP(=O)(O)OCC(O)COP(=O)(O)OC[C@@H](COC(=O)CCCCCCCCCC(C)C)OC(=O)CCCCCCCCCC(C)C)OC(=O)CCCCCCCCCC(C)C. The van der Waals surface area contributed by atoms with Gasteiger partial charge in [-0.15, -0.1) is 0 Å². The number of rotatable bonds is 67. The smallest absolute Gasteiger partial charge is 0.462 e. The Morgan fingerprint density at radius 2 is 0.472 bits per heavy atom. The fraction of sp³-hybridized carbons (Fsp3) is 0.943. The van der Waals surface area contributed by atoms with E-state index in [1.54, 1.807) is 0 Å². The summed E-state index contributed by atoms with van der Waals surface area (Å²) >= 11 is 0. The predicted octanol–water partition coefficient (Wildman–Crippen LogP) is 19.7. The van der Waals surface area contributed by atoms with Gasteiger partial charge < -0.3 is 33.8 Å². The number of hydrogen-bond acceptors (Lipinski definition) is 15. The van der Waals surface area contributed by atoms with Crippen LogP contribution in [0.4, 0.5) is 0 Å². The van der Waals surface area contributed by atoms with Crippen molar-refractivity contribution in [2.75, 3.05) is 39.6 Å². The van der Waals surface area contributed by atoms with Crippen LogP contribution in [-0.4, -0.2) is 96.7 Å². The number of unbranched alkanes of at least 4 members (excludes halogenated alkanes) is 33. The Morgan fingerprint density at radius 1 is 0.281 bits per heavy atom. The summed E-state index contributed by atoms with van der Waals surface area (Å²) in [4.78, 5) is 72.4. The highest BCUT2D eigenvalue weighted by molar-refractivity contribution is 7.47. The van der Waals surface area contributed by atoms with E-state index in [1.807, 2.05) is 0 Å². The fourth-order valence-electron chi connectivity index (χ4n) is 10.5. The zero-order chi connectivity index (χ0) is 66.1. The molecule has 0 aromatic rings. The van der Waals surface area contributed by atoms with Crippen molar-refractivity contribution in [2.45, 2.75) is 363 Å². The molecule has 89 heavy (non-hydrogen) atoms. The molecule has 0 aromatic heterocycles. The maximum Gasteiger partial charge on any atom is 0.472 e. The molecule has 3 unspecified atom stereocenters. The van der Waals surface area contributed by atoms with Crippen LogP contribution in [-0.2, 0) is 65.4 Å². The average molecular weight is 1310 g/mol. The summed E-state index contributed by atoms with van der Waals surface area (Å²) in [6.45, 7) is 14.0. The van der Waals surface area contributed by atoms with E-state index in [0.29, 0.717) is 43.4 Å². The highest BCUT2D eigenvalue weighted by Gasteiger charge is 2.30. The van der Waals surface area contributed by atoms with Crippen LogP contribution in [0.1, 0.15) is 344 Å². The topological polar surface area (TPSA) is 237 Å². The van der Waals surface area contributed by atoms with Gasteiger partial charge in [0.25, 0.3) is 0 Å². The molecule has 0 amide bonds. The minimum atomic E-state index is -4.95. The first kappa shape index (κ1) is 87.1. The Bertz CT molecular complexity index is 1760. The number of phosphoric ester groups is 2. The third-order valence-electron chi connectivity index (χ3n) is 16.1. The summed E-state index contributed by atoms with van der Waals surface area (Å²) in [6.07, 6.45) is 42.1. The molecule has 0 saturated carbocycles. The number of carbonyl (C=O) groups excluding carboxylic acids is 4. The predicted molar refractivity (Wildman–Crippen MR) is 358 cm³/mol. The second-order valence-corrected chi connectivity index (χ2v) is 30.1. The molecule has 0 aromatic carbocycles. The zero-order valence-electron chi connectivity index (χ0n) is 58.1. The first-order valence-corrected chi connectivity index (χ1v) is 39.2. The second-order valence-electron chi connectivity index (χ2n) is 27.2. The van der Waals surface area contributed by atoms with Crippen molar-refractivity contribution in [3.8, 4) is 0 Å². The third kappa shape index (κ3) is 64.6. The highest BCUT2D eigenvalue weighted by atomic mass is 31.2. The van der Waals surface area contributed by atoms with Gasteiger partial charge in [0.05, 0.1) is 26.4 Å². The summed E-state index contributed by atoms with van der Waals surface area (Å²) in [5, 5.41) is 10.6. The van der Waals surface area contributed by atoms with Crippen molar-refractivity contribution in [3.63, 3.8) is 0 Å². The number of carbonyl (C=O) groups is 4. The molecule has 0 radical (unpaired) electrons. The summed E-state index contributed by atoms with van der Waals surface area (Å²) < 4.78 is 68.2. The molecule has 0 rings (SSSR count). The van der Waals surface area contributed by atoms with Crippen LogP contribution in [0.15, 0.2) is 0 Å². The standard InChI is InChI=1S/C70H136O17P2/c1-60(2)46-38-30-22-17-15-13-11-9-10-12-14-16-18-26-34-42-50-67(72)80-56-65(86-69(74)52-44-36-28-20-24-32-40-48-62(5)6)58-84-88(76,77)82-54-64(71)55-83-89(78,79)85-59-66(87-70(75)53-45-37-29-21-25-33-41-49-63(7)8)57-81-68(73)51-43-35-27-19-23-31-39-47-61(3)4/h60-66,71H,9-59H2,1-8H3,(H,76,77)(H,78,79)/t64?,65-,66-/m1/s1. The Hall–Kier alpha value is -1.94. The van der Waals surface area contributed by atoms with Gasteiger partial charge in [-0.2, -0.15) is 0 Å². The van der Waals surface area contributed by atoms with Gasteiger partial charge in [0.1, 0.15) is 19.3 Å². The van der Waals surface area contributed by atoms with Gasteiger partial charge in [-0.05, 0) is 49.4 Å². The summed E-state index contributed by atoms with van der Waals surface area (Å²) in [7, 11) is -9.90. The van der Waals surface area contributed by atoms with Crippen LogP contribution in [0.2, 0.25) is 0 Å². The van der Waals surface area contributed by atoms with Crippen molar-refractivity contribution >= 4 is 39.5 Å². The molecule has 528 valence electrons. The maximum absolute atomic E-state index is 13.0. The second kappa shape index (κ2) is 59.8. The Morgan fingerprint density at radius 3 is 0.697 bits per heavy atom. The van der Waals surface area contributed by atoms with Crippen molar-refractivity contribution in [3.05, 3.63) is 0 Å². The molecular formula is C70H136O17P2. The van der Waals surface area contributed by atoms with E-state index < -0.39 is 97.5 Å². The van der Waals surface area contributed by atoms with E-state index in [9.17, 15) is 43.2 Å². The minimum Gasteiger partial charge on any atom is -0.462 e. The van der Waals surface area contributed by atoms with E-state index in [0.717, 1.165) is 102 Å². The average Bonchev–Trinajstić information content (AvgIpc) is 3.67. The van der Waals surface area contributed by atoms with Gasteiger partial charge in [-0.25, -0.2) is 9.13 Å². The van der Waals surface area contributed by atoms with Crippen LogP contribution < -0.4 is 0 Å². The van der Waals surface area contributed by atoms with Gasteiger partial charge >= 0.3 is 39.5 Å². The molecule has 0 spiro atoms. The number of hydrogen-bond donors (Lipinski definition) is 3. The van der Waals surface area contributed by atoms with E-state index in [-0.39, 0.29) is 25.7 Å². The largest absolute Gasteiger partial charge is 0.472 e. The van der Waals surface area contributed by atoms with Gasteiger partial charge in [0.15, 0.2) is 12.2 Å². The molecule has 0 aliphatic carbocycles. The molecule has 0 fully saturated rings. The molecule has 0 saturated heterocycles. The summed E-state index contributed by atoms with van der Waals surface area (Å²) in [6, 6.07) is 0. The van der Waals surface area contributed by atoms with E-state index in [2.05, 4.69) is 55.4 Å². The Balaban J connectivity index is 5.16. The molecule has 0 bridgehead atoms. The molecule has 17 nitrogen and oxygen atoms in total. The van der Waals surface area contributed by atoms with Crippen molar-refractivity contribution in [2.24, 2.45) is 23.7 Å². The van der Waals surface area contributed by atoms with Crippen LogP contribution in [0.5, 0.6) is 0 Å². The van der Waals surface area contributed by atoms with Crippen LogP contribution in [0.3, 0.4) is 0 Å². The Labute approximate surface area is 543 Å². The van der Waals surface area contributed by atoms with Gasteiger partial charge in [0, 0.05) is 25.7 Å². The zero-order valence-corrected chi connectivity index (χ0v) is 59.8. The summed E-state index contributed by atoms with van der Waals surface area (Å²) in [5.41, 5.74) is 0. The lowest BCUT2D eigenvalue weighted by atomic mass is 10.0. The first-order valence-electron chi connectivity index (χ1n) is 36.2. The van der Waals surface area contributed by atoms with E-state index in [1.165, 1.54) is 141 Å². The molecule has 3 N–H and O–H groups in total. The summed E-state index contributed by atoms with van der Waals surface area (Å²) in [5.74, 6) is 0.774. The number of ether oxygens (including phenoxy) is 4. The van der Waals surface area contributed by atoms with Crippen molar-refractivity contribution in [1.29, 1.82) is 0 Å².